The molecule has 0 fully saturated rings. The quantitative estimate of drug-likeness (QED) is 0.467. The molecule has 0 N–H and O–H groups in total. The maximum Gasteiger partial charge on any atom is 0.253 e. The molecule has 0 aromatic rings. The van der Waals surface area contributed by atoms with Crippen molar-refractivity contribution in [2.24, 2.45) is 0 Å². The molecular weight excluding hydrogens is 246 g/mol. The highest BCUT2D eigenvalue weighted by Crippen LogP contribution is 2.08. The van der Waals surface area contributed by atoms with Crippen molar-refractivity contribution in [1.82, 2.24) is 4.90 Å². The van der Waals surface area contributed by atoms with Crippen LogP contribution in [-0.4, -0.2) is 34.8 Å². The first-order valence-corrected chi connectivity index (χ1v) is 6.55. The third-order valence-corrected chi connectivity index (χ3v) is 2.97. The van der Waals surface area contributed by atoms with E-state index in [2.05, 4.69) is 0 Å². The van der Waals surface area contributed by atoms with Crippen molar-refractivity contribution in [3.05, 3.63) is 12.2 Å². The van der Waals surface area contributed by atoms with Crippen molar-refractivity contribution in [2.75, 3.05) is 6.54 Å². The van der Waals surface area contributed by atoms with Crippen molar-refractivity contribution in [2.45, 2.75) is 45.4 Å². The monoisotopic (exact) mass is 265 g/mol. The Kier molecular flexibility index (Phi) is 6.12. The zero-order chi connectivity index (χ0) is 14.3. The number of hydrogen-bond donors (Lipinski definition) is 0. The van der Waals surface area contributed by atoms with Crippen molar-refractivity contribution in [3.63, 3.8) is 0 Å². The fraction of sp³-hybridized carbons (Fsp3) is 0.571. The van der Waals surface area contributed by atoms with Crippen LogP contribution in [0.1, 0.15) is 45.4 Å². The molecule has 1 aliphatic rings. The Balaban J connectivity index is 2.09. The molecule has 104 valence electrons. The Morgan fingerprint density at radius 2 is 1.47 bits per heavy atom. The zero-order valence-corrected chi connectivity index (χ0v) is 11.2. The van der Waals surface area contributed by atoms with Gasteiger partial charge in [0, 0.05) is 38.0 Å². The van der Waals surface area contributed by atoms with Crippen LogP contribution in [0.3, 0.4) is 0 Å². The minimum absolute atomic E-state index is 0.121. The third-order valence-electron chi connectivity index (χ3n) is 2.97. The second kappa shape index (κ2) is 7.61. The molecule has 0 unspecified atom stereocenters. The highest BCUT2D eigenvalue weighted by molar-refractivity contribution is 6.12. The summed E-state index contributed by atoms with van der Waals surface area (Å²) in [5, 5.41) is 0. The highest BCUT2D eigenvalue weighted by atomic mass is 16.2. The van der Waals surface area contributed by atoms with Gasteiger partial charge in [-0.2, -0.15) is 0 Å². The standard InChI is InChI=1S/C14H19NO4/c1-11(16)5-2-3-6-12(17)7-4-10-15-13(18)8-9-14(15)19/h8-9H,2-7,10H2,1H3. The van der Waals surface area contributed by atoms with Crippen molar-refractivity contribution in [1.29, 1.82) is 0 Å². The smallest absolute Gasteiger partial charge is 0.253 e. The van der Waals surface area contributed by atoms with Gasteiger partial charge in [0.05, 0.1) is 0 Å². The molecule has 0 atom stereocenters. The molecular formula is C14H19NO4. The molecule has 0 saturated heterocycles. The van der Waals surface area contributed by atoms with Crippen LogP contribution in [-0.2, 0) is 19.2 Å². The van der Waals surface area contributed by atoms with Crippen LogP contribution < -0.4 is 0 Å². The van der Waals surface area contributed by atoms with Gasteiger partial charge in [-0.05, 0) is 26.2 Å². The van der Waals surface area contributed by atoms with Gasteiger partial charge in [-0.15, -0.1) is 0 Å². The zero-order valence-electron chi connectivity index (χ0n) is 11.2. The highest BCUT2D eigenvalue weighted by Gasteiger charge is 2.22. The third kappa shape index (κ3) is 5.59. The van der Waals surface area contributed by atoms with E-state index in [9.17, 15) is 19.2 Å². The number of Topliss-reactive ketones (excluding diaryl/α,β-unsaturated/α-hetero) is 2. The molecule has 0 radical (unpaired) electrons. The number of imide groups is 1. The van der Waals surface area contributed by atoms with Gasteiger partial charge in [-0.1, -0.05) is 0 Å². The Morgan fingerprint density at radius 3 is 2.05 bits per heavy atom. The first-order chi connectivity index (χ1) is 9.00. The minimum atomic E-state index is -0.307. The van der Waals surface area contributed by atoms with Gasteiger partial charge in [-0.3, -0.25) is 19.3 Å². The summed E-state index contributed by atoms with van der Waals surface area (Å²) in [4.78, 5) is 45.9. The summed E-state index contributed by atoms with van der Waals surface area (Å²) < 4.78 is 0. The maximum atomic E-state index is 11.5. The molecule has 2 amide bonds. The average molecular weight is 265 g/mol. The Morgan fingerprint density at radius 1 is 0.947 bits per heavy atom. The largest absolute Gasteiger partial charge is 0.300 e. The molecule has 0 bridgehead atoms. The lowest BCUT2D eigenvalue weighted by Gasteiger charge is -2.12. The lowest BCUT2D eigenvalue weighted by atomic mass is 10.1. The summed E-state index contributed by atoms with van der Waals surface area (Å²) in [6, 6.07) is 0. The fourth-order valence-electron chi connectivity index (χ4n) is 1.91. The van der Waals surface area contributed by atoms with Crippen LogP contribution in [0.15, 0.2) is 12.2 Å². The van der Waals surface area contributed by atoms with E-state index in [1.165, 1.54) is 12.2 Å². The summed E-state index contributed by atoms with van der Waals surface area (Å²) in [5.74, 6) is -0.348. The molecule has 1 rings (SSSR count). The van der Waals surface area contributed by atoms with E-state index in [1.54, 1.807) is 6.92 Å². The van der Waals surface area contributed by atoms with Crippen LogP contribution in [0, 0.1) is 0 Å². The van der Waals surface area contributed by atoms with Crippen LogP contribution in [0.2, 0.25) is 0 Å². The van der Waals surface area contributed by atoms with Crippen LogP contribution >= 0.6 is 0 Å². The topological polar surface area (TPSA) is 71.5 Å². The predicted octanol–water partition coefficient (Wildman–Crippen LogP) is 1.41. The second-order valence-corrected chi connectivity index (χ2v) is 4.71. The van der Waals surface area contributed by atoms with E-state index < -0.39 is 0 Å². The van der Waals surface area contributed by atoms with Gasteiger partial charge in [0.1, 0.15) is 11.6 Å². The van der Waals surface area contributed by atoms with Crippen molar-refractivity contribution < 1.29 is 19.2 Å². The van der Waals surface area contributed by atoms with Crippen LogP contribution in [0.5, 0.6) is 0 Å². The number of rotatable bonds is 9. The molecule has 1 heterocycles. The molecule has 1 aliphatic heterocycles. The van der Waals surface area contributed by atoms with Crippen LogP contribution in [0.4, 0.5) is 0 Å². The van der Waals surface area contributed by atoms with Crippen LogP contribution in [0.25, 0.3) is 0 Å². The van der Waals surface area contributed by atoms with E-state index >= 15 is 0 Å². The van der Waals surface area contributed by atoms with Gasteiger partial charge in [0.15, 0.2) is 0 Å². The second-order valence-electron chi connectivity index (χ2n) is 4.71. The normalized spacial score (nSPS) is 14.3. The summed E-state index contributed by atoms with van der Waals surface area (Å²) in [6.07, 6.45) is 5.82. The number of ketones is 2. The number of amides is 2. The number of unbranched alkanes of at least 4 members (excludes halogenated alkanes) is 1. The molecule has 5 nitrogen and oxygen atoms in total. The van der Waals surface area contributed by atoms with Gasteiger partial charge in [-0.25, -0.2) is 0 Å². The van der Waals surface area contributed by atoms with Gasteiger partial charge in [0.25, 0.3) is 11.8 Å². The number of carbonyl (C=O) groups excluding carboxylic acids is 4. The average Bonchev–Trinajstić information content (AvgIpc) is 2.66. The molecule has 0 saturated carbocycles. The Hall–Kier alpha value is -1.78. The van der Waals surface area contributed by atoms with E-state index in [-0.39, 0.29) is 23.4 Å². The van der Waals surface area contributed by atoms with Gasteiger partial charge < -0.3 is 4.79 Å². The Bertz CT molecular complexity index is 394. The molecule has 0 aromatic heterocycles. The molecule has 0 aromatic carbocycles. The molecule has 0 spiro atoms. The predicted molar refractivity (Wildman–Crippen MR) is 69.3 cm³/mol. The first-order valence-electron chi connectivity index (χ1n) is 6.55. The maximum absolute atomic E-state index is 11.5. The molecule has 19 heavy (non-hydrogen) atoms. The number of nitrogens with zero attached hydrogens (tertiary/aromatic N) is 1. The molecule has 5 heteroatoms. The molecule has 0 aliphatic carbocycles. The summed E-state index contributed by atoms with van der Waals surface area (Å²) >= 11 is 0. The van der Waals surface area contributed by atoms with E-state index in [4.69, 9.17) is 0 Å². The van der Waals surface area contributed by atoms with E-state index in [0.717, 1.165) is 17.7 Å². The fourth-order valence-corrected chi connectivity index (χ4v) is 1.91. The Labute approximate surface area is 112 Å². The van der Waals surface area contributed by atoms with Crippen molar-refractivity contribution >= 4 is 23.4 Å². The lowest BCUT2D eigenvalue weighted by Crippen LogP contribution is -2.31. The van der Waals surface area contributed by atoms with E-state index in [0.29, 0.717) is 32.2 Å². The van der Waals surface area contributed by atoms with E-state index in [1.807, 2.05) is 0 Å². The van der Waals surface area contributed by atoms with Gasteiger partial charge >= 0.3 is 0 Å². The number of carbonyl (C=O) groups is 4. The van der Waals surface area contributed by atoms with Gasteiger partial charge in [0.2, 0.25) is 0 Å². The summed E-state index contributed by atoms with van der Waals surface area (Å²) in [6.45, 7) is 1.84. The minimum Gasteiger partial charge on any atom is -0.300 e. The number of hydrogen-bond acceptors (Lipinski definition) is 4. The lowest BCUT2D eigenvalue weighted by molar-refractivity contribution is -0.137. The first kappa shape index (κ1) is 15.3. The summed E-state index contributed by atoms with van der Waals surface area (Å²) in [5.41, 5.74) is 0. The SMILES string of the molecule is CC(=O)CCCCC(=O)CCCN1C(=O)C=CC1=O. The summed E-state index contributed by atoms with van der Waals surface area (Å²) in [7, 11) is 0. The van der Waals surface area contributed by atoms with Crippen molar-refractivity contribution in [3.8, 4) is 0 Å².